The molecule has 1 nitrogen and oxygen atoms in total. The minimum absolute atomic E-state index is 1.03. The van der Waals surface area contributed by atoms with Crippen molar-refractivity contribution in [3.05, 3.63) is 66.8 Å². The molecule has 0 N–H and O–H groups in total. The first-order valence-electron chi connectivity index (χ1n) is 5.22. The smallest absolute Gasteiger partial charge is 0.0386 e. The fraction of sp³-hybridized carbons (Fsp3) is 0.133. The topological polar surface area (TPSA) is 12.4 Å². The molecule has 0 saturated carbocycles. The van der Waals surface area contributed by atoms with E-state index >= 15 is 0 Å². The summed E-state index contributed by atoms with van der Waals surface area (Å²) in [6.45, 7) is 9.51. The van der Waals surface area contributed by atoms with Crippen LogP contribution in [0.15, 0.2) is 60.6 Å². The third kappa shape index (κ3) is 2.80. The lowest BCUT2D eigenvalue weighted by atomic mass is 10.0. The van der Waals surface area contributed by atoms with Gasteiger partial charge in [-0.3, -0.25) is 4.99 Å². The van der Waals surface area contributed by atoms with E-state index in [4.69, 9.17) is 0 Å². The number of hydrogen-bond acceptors (Lipinski definition) is 1. The lowest BCUT2D eigenvalue weighted by Gasteiger charge is -2.05. The molecule has 0 spiro atoms. The van der Waals surface area contributed by atoms with E-state index in [9.17, 15) is 0 Å². The van der Waals surface area contributed by atoms with Gasteiger partial charge in [0.15, 0.2) is 0 Å². The molecule has 0 atom stereocenters. The van der Waals surface area contributed by atoms with Gasteiger partial charge in [-0.25, -0.2) is 0 Å². The summed E-state index contributed by atoms with van der Waals surface area (Å²) < 4.78 is 0. The third-order valence-corrected chi connectivity index (χ3v) is 2.47. The van der Waals surface area contributed by atoms with Crippen LogP contribution in [0.4, 0.5) is 0 Å². The van der Waals surface area contributed by atoms with Crippen molar-refractivity contribution in [2.75, 3.05) is 7.05 Å². The Balaban J connectivity index is 3.21. The van der Waals surface area contributed by atoms with Gasteiger partial charge in [-0.2, -0.15) is 0 Å². The first kappa shape index (κ1) is 12.2. The average molecular weight is 211 g/mol. The van der Waals surface area contributed by atoms with Crippen LogP contribution in [0.5, 0.6) is 0 Å². The van der Waals surface area contributed by atoms with E-state index in [1.54, 1.807) is 13.1 Å². The Kier molecular flexibility index (Phi) is 4.46. The van der Waals surface area contributed by atoms with E-state index in [1.807, 2.05) is 25.1 Å². The van der Waals surface area contributed by atoms with Gasteiger partial charge in [0.25, 0.3) is 0 Å². The molecule has 0 aromatic heterocycles. The molecule has 1 heteroatoms. The van der Waals surface area contributed by atoms with Crippen LogP contribution in [0.25, 0.3) is 5.57 Å². The van der Waals surface area contributed by atoms with Crippen molar-refractivity contribution in [1.29, 1.82) is 0 Å². The van der Waals surface area contributed by atoms with Gasteiger partial charge in [-0.05, 0) is 29.7 Å². The van der Waals surface area contributed by atoms with Crippen molar-refractivity contribution < 1.29 is 0 Å². The zero-order valence-corrected chi connectivity index (χ0v) is 9.90. The standard InChI is InChI=1S/C15H17N/c1-5-8-13(6-2)15-10-7-9-14(11-15)12(3)16-4/h5-11H,1-2H2,3-4H3/b13-8+,16-12?. The van der Waals surface area contributed by atoms with Gasteiger partial charge in [0.1, 0.15) is 0 Å². The van der Waals surface area contributed by atoms with Crippen molar-refractivity contribution in [3.8, 4) is 0 Å². The highest BCUT2D eigenvalue weighted by molar-refractivity contribution is 5.99. The molecule has 0 aliphatic rings. The first-order chi connectivity index (χ1) is 7.72. The van der Waals surface area contributed by atoms with Gasteiger partial charge >= 0.3 is 0 Å². The van der Waals surface area contributed by atoms with Crippen molar-refractivity contribution in [2.45, 2.75) is 6.92 Å². The lowest BCUT2D eigenvalue weighted by molar-refractivity contribution is 1.41. The van der Waals surface area contributed by atoms with E-state index in [1.165, 1.54) is 0 Å². The van der Waals surface area contributed by atoms with Crippen molar-refractivity contribution in [3.63, 3.8) is 0 Å². The molecule has 0 aliphatic carbocycles. The zero-order chi connectivity index (χ0) is 12.0. The fourth-order valence-corrected chi connectivity index (χ4v) is 1.46. The van der Waals surface area contributed by atoms with Gasteiger partial charge in [0.05, 0.1) is 0 Å². The summed E-state index contributed by atoms with van der Waals surface area (Å²) in [6, 6.07) is 8.25. The molecule has 0 unspecified atom stereocenters. The Hall–Kier alpha value is -1.89. The van der Waals surface area contributed by atoms with Crippen LogP contribution in [-0.4, -0.2) is 12.8 Å². The highest BCUT2D eigenvalue weighted by Gasteiger charge is 2.00. The number of nitrogens with zero attached hydrogens (tertiary/aromatic N) is 1. The van der Waals surface area contributed by atoms with Crippen LogP contribution < -0.4 is 0 Å². The number of rotatable bonds is 4. The predicted molar refractivity (Wildman–Crippen MR) is 72.9 cm³/mol. The summed E-state index contributed by atoms with van der Waals surface area (Å²) in [6.07, 6.45) is 5.55. The first-order valence-corrected chi connectivity index (χ1v) is 5.22. The molecular weight excluding hydrogens is 194 g/mol. The zero-order valence-electron chi connectivity index (χ0n) is 9.90. The molecular formula is C15H17N. The van der Waals surface area contributed by atoms with Gasteiger partial charge in [0, 0.05) is 12.8 Å². The minimum Gasteiger partial charge on any atom is -0.293 e. The average Bonchev–Trinajstić information content (AvgIpc) is 2.35. The van der Waals surface area contributed by atoms with Crippen molar-refractivity contribution in [1.82, 2.24) is 0 Å². The molecule has 16 heavy (non-hydrogen) atoms. The largest absolute Gasteiger partial charge is 0.293 e. The number of benzene rings is 1. The fourth-order valence-electron chi connectivity index (χ4n) is 1.46. The van der Waals surface area contributed by atoms with E-state index in [0.29, 0.717) is 0 Å². The maximum absolute atomic E-state index is 4.18. The Morgan fingerprint density at radius 3 is 2.50 bits per heavy atom. The van der Waals surface area contributed by atoms with Crippen molar-refractivity contribution >= 4 is 11.3 Å². The molecule has 1 aromatic carbocycles. The number of aliphatic imine (C=N–C) groups is 1. The highest BCUT2D eigenvalue weighted by Crippen LogP contribution is 2.17. The monoisotopic (exact) mass is 211 g/mol. The summed E-state index contributed by atoms with van der Waals surface area (Å²) in [7, 11) is 1.80. The number of allylic oxidation sites excluding steroid dienone is 4. The number of hydrogen-bond donors (Lipinski definition) is 0. The molecule has 82 valence electrons. The summed E-state index contributed by atoms with van der Waals surface area (Å²) in [5.41, 5.74) is 4.37. The third-order valence-electron chi connectivity index (χ3n) is 2.47. The molecule has 0 heterocycles. The highest BCUT2D eigenvalue weighted by atomic mass is 14.7. The Morgan fingerprint density at radius 2 is 1.94 bits per heavy atom. The summed E-state index contributed by atoms with van der Waals surface area (Å²) in [5.74, 6) is 0. The molecule has 0 fully saturated rings. The van der Waals surface area contributed by atoms with Crippen LogP contribution in [0, 0.1) is 0 Å². The molecule has 0 bridgehead atoms. The van der Waals surface area contributed by atoms with Crippen LogP contribution >= 0.6 is 0 Å². The van der Waals surface area contributed by atoms with Crippen LogP contribution in [0.1, 0.15) is 18.1 Å². The Bertz CT molecular complexity index is 450. The molecule has 0 radical (unpaired) electrons. The van der Waals surface area contributed by atoms with Crippen LogP contribution in [-0.2, 0) is 0 Å². The second-order valence-corrected chi connectivity index (χ2v) is 3.45. The van der Waals surface area contributed by atoms with Crippen LogP contribution in [0.3, 0.4) is 0 Å². The normalized spacial score (nSPS) is 12.4. The molecule has 0 aliphatic heterocycles. The summed E-state index contributed by atoms with van der Waals surface area (Å²) >= 11 is 0. The summed E-state index contributed by atoms with van der Waals surface area (Å²) in [5, 5.41) is 0. The maximum atomic E-state index is 4.18. The van der Waals surface area contributed by atoms with Crippen molar-refractivity contribution in [2.24, 2.45) is 4.99 Å². The predicted octanol–water partition coefficient (Wildman–Crippen LogP) is 3.88. The SMILES string of the molecule is C=C/C=C(\C=C)c1cccc(C(C)=NC)c1. The van der Waals surface area contributed by atoms with Gasteiger partial charge < -0.3 is 0 Å². The molecule has 0 saturated heterocycles. The van der Waals surface area contributed by atoms with Gasteiger partial charge in [0.2, 0.25) is 0 Å². The Morgan fingerprint density at radius 1 is 1.25 bits per heavy atom. The molecule has 0 amide bonds. The lowest BCUT2D eigenvalue weighted by Crippen LogP contribution is -1.95. The second kappa shape index (κ2) is 5.86. The molecule has 1 aromatic rings. The van der Waals surface area contributed by atoms with E-state index in [2.05, 4.69) is 36.3 Å². The quantitative estimate of drug-likeness (QED) is 0.529. The van der Waals surface area contributed by atoms with Gasteiger partial charge in [-0.1, -0.05) is 49.6 Å². The van der Waals surface area contributed by atoms with E-state index in [-0.39, 0.29) is 0 Å². The molecule has 1 rings (SSSR count). The Labute approximate surface area is 97.5 Å². The minimum atomic E-state index is 1.03. The maximum Gasteiger partial charge on any atom is 0.0386 e. The summed E-state index contributed by atoms with van der Waals surface area (Å²) in [4.78, 5) is 4.18. The van der Waals surface area contributed by atoms with E-state index < -0.39 is 0 Å². The second-order valence-electron chi connectivity index (χ2n) is 3.45. The van der Waals surface area contributed by atoms with E-state index in [0.717, 1.165) is 22.4 Å². The van der Waals surface area contributed by atoms with Crippen LogP contribution in [0.2, 0.25) is 0 Å². The van der Waals surface area contributed by atoms with Gasteiger partial charge in [-0.15, -0.1) is 0 Å².